The molecule has 10 nitrogen and oxygen atoms in total. The largest absolute Gasteiger partial charge is 0.460 e. The Hall–Kier alpha value is -2.24. The zero-order valence-corrected chi connectivity index (χ0v) is 18.2. The number of benzene rings is 1. The quantitative estimate of drug-likeness (QED) is 0.385. The first kappa shape index (κ1) is 22.4. The number of anilines is 1. The molecule has 2 fully saturated rings. The fourth-order valence-electron chi connectivity index (χ4n) is 3.57. The van der Waals surface area contributed by atoms with Gasteiger partial charge in [-0.3, -0.25) is 14.9 Å². The molecule has 1 aromatic carbocycles. The number of nitro groups is 1. The van der Waals surface area contributed by atoms with Crippen molar-refractivity contribution in [1.29, 1.82) is 0 Å². The van der Waals surface area contributed by atoms with Gasteiger partial charge in [0.2, 0.25) is 10.0 Å². The molecule has 3 rings (SSSR count). The summed E-state index contributed by atoms with van der Waals surface area (Å²) >= 11 is 0. The van der Waals surface area contributed by atoms with Crippen LogP contribution >= 0.6 is 0 Å². The van der Waals surface area contributed by atoms with E-state index in [1.54, 1.807) is 25.7 Å². The number of morpholine rings is 1. The topological polar surface area (TPSA) is 119 Å². The number of carbonyl (C=O) groups excluding carboxylic acids is 1. The normalized spacial score (nSPS) is 20.9. The van der Waals surface area contributed by atoms with E-state index >= 15 is 0 Å². The monoisotopic (exact) mass is 441 g/mol. The Labute approximate surface area is 175 Å². The number of hydrogen-bond acceptors (Lipinski definition) is 8. The standard InChI is InChI=1S/C19H27N3O7S/c1-19(2,3)29-18(23)14-6-7-20(13-14)16-5-4-15(22(24)25)12-17(16)30(26,27)21-8-10-28-11-9-21/h4-5,12,14H,6-11,13H2,1-3H3. The number of non-ortho nitro benzene ring substituents is 1. The Kier molecular flexibility index (Phi) is 6.34. The van der Waals surface area contributed by atoms with Crippen LogP contribution in [0, 0.1) is 16.0 Å². The molecule has 1 atom stereocenters. The number of nitro benzene ring substituents is 1. The fourth-order valence-corrected chi connectivity index (χ4v) is 5.21. The zero-order chi connectivity index (χ0) is 22.1. The maximum Gasteiger partial charge on any atom is 0.311 e. The van der Waals surface area contributed by atoms with Crippen molar-refractivity contribution in [3.63, 3.8) is 0 Å². The Morgan fingerprint density at radius 2 is 1.90 bits per heavy atom. The molecule has 0 N–H and O–H groups in total. The Morgan fingerprint density at radius 3 is 2.50 bits per heavy atom. The Bertz CT molecular complexity index is 921. The summed E-state index contributed by atoms with van der Waals surface area (Å²) in [6.45, 7) is 7.03. The van der Waals surface area contributed by atoms with Crippen LogP contribution in [0.15, 0.2) is 23.1 Å². The van der Waals surface area contributed by atoms with Crippen molar-refractivity contribution >= 4 is 27.4 Å². The molecule has 1 unspecified atom stereocenters. The number of sulfonamides is 1. The van der Waals surface area contributed by atoms with Crippen LogP contribution in [0.3, 0.4) is 0 Å². The van der Waals surface area contributed by atoms with Crippen LogP contribution in [0.1, 0.15) is 27.2 Å². The Balaban J connectivity index is 1.91. The van der Waals surface area contributed by atoms with Crippen molar-refractivity contribution in [3.8, 4) is 0 Å². The minimum atomic E-state index is -3.96. The third-order valence-electron chi connectivity index (χ3n) is 5.01. The van der Waals surface area contributed by atoms with Crippen molar-refractivity contribution in [1.82, 2.24) is 4.31 Å². The predicted molar refractivity (Wildman–Crippen MR) is 109 cm³/mol. The van der Waals surface area contributed by atoms with Gasteiger partial charge in [-0.05, 0) is 33.3 Å². The third kappa shape index (κ3) is 4.90. The van der Waals surface area contributed by atoms with Gasteiger partial charge >= 0.3 is 5.97 Å². The van der Waals surface area contributed by atoms with Gasteiger partial charge in [0, 0.05) is 38.3 Å². The molecule has 2 saturated heterocycles. The van der Waals surface area contributed by atoms with Crippen LogP contribution in [0.2, 0.25) is 0 Å². The van der Waals surface area contributed by atoms with E-state index in [0.717, 1.165) is 6.07 Å². The maximum absolute atomic E-state index is 13.3. The molecule has 0 aromatic heterocycles. The highest BCUT2D eigenvalue weighted by Gasteiger charge is 2.36. The lowest BCUT2D eigenvalue weighted by atomic mass is 10.1. The molecule has 0 amide bonds. The average molecular weight is 442 g/mol. The second-order valence-electron chi connectivity index (χ2n) is 8.39. The summed E-state index contributed by atoms with van der Waals surface area (Å²) in [5, 5.41) is 11.3. The molecule has 0 spiro atoms. The first-order valence-corrected chi connectivity index (χ1v) is 11.3. The molecule has 2 heterocycles. The highest BCUT2D eigenvalue weighted by molar-refractivity contribution is 7.89. The first-order valence-electron chi connectivity index (χ1n) is 9.83. The molecule has 2 aliphatic heterocycles. The van der Waals surface area contributed by atoms with Gasteiger partial charge in [-0.1, -0.05) is 0 Å². The van der Waals surface area contributed by atoms with Crippen LogP contribution in [0.25, 0.3) is 0 Å². The fraction of sp³-hybridized carbons (Fsp3) is 0.632. The van der Waals surface area contributed by atoms with Crippen molar-refractivity contribution in [2.45, 2.75) is 37.7 Å². The molecular weight excluding hydrogens is 414 g/mol. The molecule has 0 bridgehead atoms. The minimum Gasteiger partial charge on any atom is -0.460 e. The Morgan fingerprint density at radius 1 is 1.23 bits per heavy atom. The molecule has 0 radical (unpaired) electrons. The molecular formula is C19H27N3O7S. The van der Waals surface area contributed by atoms with Gasteiger partial charge in [-0.25, -0.2) is 8.42 Å². The van der Waals surface area contributed by atoms with Crippen LogP contribution in [0.5, 0.6) is 0 Å². The molecule has 166 valence electrons. The van der Waals surface area contributed by atoms with Crippen LogP contribution in [-0.2, 0) is 24.3 Å². The van der Waals surface area contributed by atoms with E-state index in [2.05, 4.69) is 0 Å². The van der Waals surface area contributed by atoms with Gasteiger partial charge in [-0.15, -0.1) is 0 Å². The van der Waals surface area contributed by atoms with E-state index in [0.29, 0.717) is 25.2 Å². The maximum atomic E-state index is 13.3. The van der Waals surface area contributed by atoms with Crippen molar-refractivity contribution in [2.75, 3.05) is 44.3 Å². The summed E-state index contributed by atoms with van der Waals surface area (Å²) in [7, 11) is -3.96. The van der Waals surface area contributed by atoms with E-state index in [1.165, 1.54) is 16.4 Å². The van der Waals surface area contributed by atoms with E-state index < -0.39 is 26.5 Å². The number of rotatable bonds is 5. The second kappa shape index (κ2) is 8.48. The van der Waals surface area contributed by atoms with Gasteiger partial charge in [0.15, 0.2) is 0 Å². The predicted octanol–water partition coefficient (Wildman–Crippen LogP) is 1.78. The van der Waals surface area contributed by atoms with E-state index in [1.807, 2.05) is 0 Å². The number of nitrogens with zero attached hydrogens (tertiary/aromatic N) is 3. The van der Waals surface area contributed by atoms with Gasteiger partial charge in [0.25, 0.3) is 5.69 Å². The number of ether oxygens (including phenoxy) is 2. The van der Waals surface area contributed by atoms with Crippen molar-refractivity contribution < 1.29 is 27.6 Å². The van der Waals surface area contributed by atoms with Crippen molar-refractivity contribution in [3.05, 3.63) is 28.3 Å². The summed E-state index contributed by atoms with van der Waals surface area (Å²) in [4.78, 5) is 24.7. The number of esters is 1. The van der Waals surface area contributed by atoms with Gasteiger partial charge in [-0.2, -0.15) is 4.31 Å². The van der Waals surface area contributed by atoms with Crippen LogP contribution in [-0.4, -0.2) is 68.6 Å². The average Bonchev–Trinajstić information content (AvgIpc) is 3.17. The lowest BCUT2D eigenvalue weighted by Gasteiger charge is -2.29. The third-order valence-corrected chi connectivity index (χ3v) is 6.94. The molecule has 0 aliphatic carbocycles. The molecule has 11 heteroatoms. The zero-order valence-electron chi connectivity index (χ0n) is 17.4. The van der Waals surface area contributed by atoms with Gasteiger partial charge < -0.3 is 14.4 Å². The van der Waals surface area contributed by atoms with E-state index in [4.69, 9.17) is 9.47 Å². The molecule has 2 aliphatic rings. The first-order chi connectivity index (χ1) is 14.0. The highest BCUT2D eigenvalue weighted by atomic mass is 32.2. The second-order valence-corrected chi connectivity index (χ2v) is 10.3. The SMILES string of the molecule is CC(C)(C)OC(=O)C1CCN(c2ccc([N+](=O)[O-])cc2S(=O)(=O)N2CCOCC2)C1. The summed E-state index contributed by atoms with van der Waals surface area (Å²) in [5.74, 6) is -0.720. The summed E-state index contributed by atoms with van der Waals surface area (Å²) in [5.41, 5.74) is -0.547. The molecule has 1 aromatic rings. The summed E-state index contributed by atoms with van der Waals surface area (Å²) in [6.07, 6.45) is 0.517. The summed E-state index contributed by atoms with van der Waals surface area (Å²) < 4.78 is 38.5. The summed E-state index contributed by atoms with van der Waals surface area (Å²) in [6, 6.07) is 3.83. The van der Waals surface area contributed by atoms with E-state index in [9.17, 15) is 23.3 Å². The molecule has 30 heavy (non-hydrogen) atoms. The van der Waals surface area contributed by atoms with Gasteiger partial charge in [0.1, 0.15) is 10.5 Å². The van der Waals surface area contributed by atoms with Crippen molar-refractivity contribution in [2.24, 2.45) is 5.92 Å². The van der Waals surface area contributed by atoms with Crippen LogP contribution in [0.4, 0.5) is 11.4 Å². The number of hydrogen-bond donors (Lipinski definition) is 0. The van der Waals surface area contributed by atoms with Gasteiger partial charge in [0.05, 0.1) is 29.7 Å². The lowest BCUT2D eigenvalue weighted by molar-refractivity contribution is -0.385. The van der Waals surface area contributed by atoms with Crippen LogP contribution < -0.4 is 4.90 Å². The lowest BCUT2D eigenvalue weighted by Crippen LogP contribution is -2.41. The molecule has 0 saturated carbocycles. The smallest absolute Gasteiger partial charge is 0.311 e. The number of carbonyl (C=O) groups is 1. The minimum absolute atomic E-state index is 0.122. The highest BCUT2D eigenvalue weighted by Crippen LogP contribution is 2.35. The van der Waals surface area contributed by atoms with E-state index in [-0.39, 0.29) is 42.9 Å².